The first kappa shape index (κ1) is 19.9. The second-order valence-electron chi connectivity index (χ2n) is 7.25. The summed E-state index contributed by atoms with van der Waals surface area (Å²) >= 11 is 0. The Bertz CT molecular complexity index is 823. The van der Waals surface area contributed by atoms with Gasteiger partial charge in [-0.05, 0) is 67.1 Å². The molecule has 1 N–H and O–H groups in total. The van der Waals surface area contributed by atoms with Crippen molar-refractivity contribution in [2.24, 2.45) is 0 Å². The normalized spacial score (nSPS) is 14.4. The highest BCUT2D eigenvalue weighted by atomic mass is 16.6. The number of methoxy groups -OCH3 is 1. The van der Waals surface area contributed by atoms with Gasteiger partial charge in [0.25, 0.3) is 5.91 Å². The van der Waals surface area contributed by atoms with Gasteiger partial charge in [-0.25, -0.2) is 4.79 Å². The number of anilines is 1. The Hall–Kier alpha value is -2.82. The van der Waals surface area contributed by atoms with E-state index in [0.29, 0.717) is 22.9 Å². The molecule has 0 saturated heterocycles. The minimum absolute atomic E-state index is 0.137. The molecule has 0 bridgehead atoms. The van der Waals surface area contributed by atoms with E-state index in [9.17, 15) is 9.59 Å². The number of hydrogen-bond acceptors (Lipinski definition) is 4. The number of nitrogens with one attached hydrogen (secondary N) is 1. The smallest absolute Gasteiger partial charge is 0.343 e. The summed E-state index contributed by atoms with van der Waals surface area (Å²) in [6.07, 6.45) is 6.42. The highest BCUT2D eigenvalue weighted by Gasteiger charge is 2.16. The van der Waals surface area contributed by atoms with E-state index in [1.807, 2.05) is 19.1 Å². The molecule has 1 aliphatic carbocycles. The van der Waals surface area contributed by atoms with E-state index < -0.39 is 5.97 Å². The topological polar surface area (TPSA) is 64.6 Å². The van der Waals surface area contributed by atoms with E-state index in [1.54, 1.807) is 18.2 Å². The quantitative estimate of drug-likeness (QED) is 0.727. The largest absolute Gasteiger partial charge is 0.482 e. The van der Waals surface area contributed by atoms with Gasteiger partial charge in [0.1, 0.15) is 5.75 Å². The second-order valence-corrected chi connectivity index (χ2v) is 7.25. The maximum Gasteiger partial charge on any atom is 0.343 e. The number of benzene rings is 2. The predicted octanol–water partition coefficient (Wildman–Crippen LogP) is 4.85. The van der Waals surface area contributed by atoms with Gasteiger partial charge in [0, 0.05) is 11.3 Å². The fourth-order valence-electron chi connectivity index (χ4n) is 3.60. The van der Waals surface area contributed by atoms with Gasteiger partial charge in [-0.2, -0.15) is 0 Å². The van der Waals surface area contributed by atoms with Gasteiger partial charge < -0.3 is 14.8 Å². The Morgan fingerprint density at radius 1 is 1.04 bits per heavy atom. The molecule has 0 aliphatic heterocycles. The van der Waals surface area contributed by atoms with E-state index >= 15 is 0 Å². The number of rotatable bonds is 6. The summed E-state index contributed by atoms with van der Waals surface area (Å²) in [7, 11) is 1.32. The SMILES string of the molecule is COC(=O)COc1ccc(NC(=O)c2ccc(C3CCCCC3)cc2)c(C)c1. The molecule has 0 unspecified atom stereocenters. The first-order chi connectivity index (χ1) is 13.6. The van der Waals surface area contributed by atoms with Crippen molar-refractivity contribution in [1.29, 1.82) is 0 Å². The maximum absolute atomic E-state index is 12.6. The third kappa shape index (κ3) is 5.12. The predicted molar refractivity (Wildman–Crippen MR) is 109 cm³/mol. The zero-order chi connectivity index (χ0) is 19.9. The van der Waals surface area contributed by atoms with Crippen LogP contribution in [-0.4, -0.2) is 25.6 Å². The summed E-state index contributed by atoms with van der Waals surface area (Å²) in [4.78, 5) is 23.7. The van der Waals surface area contributed by atoms with Crippen molar-refractivity contribution in [2.45, 2.75) is 44.9 Å². The lowest BCUT2D eigenvalue weighted by Crippen LogP contribution is -2.14. The lowest BCUT2D eigenvalue weighted by Gasteiger charge is -2.22. The molecule has 1 amide bonds. The molecule has 5 heteroatoms. The Morgan fingerprint density at radius 2 is 1.75 bits per heavy atom. The third-order valence-electron chi connectivity index (χ3n) is 5.28. The van der Waals surface area contributed by atoms with Crippen molar-refractivity contribution in [1.82, 2.24) is 0 Å². The summed E-state index contributed by atoms with van der Waals surface area (Å²) in [6.45, 7) is 1.74. The minimum Gasteiger partial charge on any atom is -0.482 e. The standard InChI is InChI=1S/C23H27NO4/c1-16-14-20(28-15-22(25)27-2)12-13-21(16)24-23(26)19-10-8-18(9-11-19)17-6-4-3-5-7-17/h8-14,17H,3-7,15H2,1-2H3,(H,24,26). The van der Waals surface area contributed by atoms with Crippen LogP contribution in [0.3, 0.4) is 0 Å². The molecule has 3 rings (SSSR count). The van der Waals surface area contributed by atoms with Crippen molar-refractivity contribution >= 4 is 17.6 Å². The van der Waals surface area contributed by atoms with Gasteiger partial charge in [-0.1, -0.05) is 31.4 Å². The molecule has 0 aromatic heterocycles. The molecule has 1 saturated carbocycles. The van der Waals surface area contributed by atoms with Gasteiger partial charge in [0.05, 0.1) is 7.11 Å². The Labute approximate surface area is 166 Å². The maximum atomic E-state index is 12.6. The van der Waals surface area contributed by atoms with Crippen molar-refractivity contribution in [3.05, 3.63) is 59.2 Å². The van der Waals surface area contributed by atoms with E-state index in [-0.39, 0.29) is 12.5 Å². The summed E-state index contributed by atoms with van der Waals surface area (Å²) < 4.78 is 9.92. The lowest BCUT2D eigenvalue weighted by molar-refractivity contribution is -0.142. The number of carbonyl (C=O) groups excluding carboxylic acids is 2. The highest BCUT2D eigenvalue weighted by molar-refractivity contribution is 6.04. The summed E-state index contributed by atoms with van der Waals surface area (Å²) in [5.74, 6) is 0.608. The van der Waals surface area contributed by atoms with Crippen molar-refractivity contribution in [3.8, 4) is 5.75 Å². The van der Waals surface area contributed by atoms with Crippen LogP contribution in [0, 0.1) is 6.92 Å². The molecular weight excluding hydrogens is 354 g/mol. The van der Waals surface area contributed by atoms with Gasteiger partial charge in [-0.15, -0.1) is 0 Å². The number of hydrogen-bond donors (Lipinski definition) is 1. The molecule has 5 nitrogen and oxygen atoms in total. The van der Waals surface area contributed by atoms with E-state index in [1.165, 1.54) is 44.8 Å². The number of aryl methyl sites for hydroxylation is 1. The number of carbonyl (C=O) groups is 2. The van der Waals surface area contributed by atoms with Crippen LogP contribution in [0.15, 0.2) is 42.5 Å². The monoisotopic (exact) mass is 381 g/mol. The zero-order valence-electron chi connectivity index (χ0n) is 16.5. The Morgan fingerprint density at radius 3 is 2.39 bits per heavy atom. The molecule has 0 spiro atoms. The van der Waals surface area contributed by atoms with Crippen LogP contribution in [0.25, 0.3) is 0 Å². The molecule has 1 fully saturated rings. The number of esters is 1. The Kier molecular flexibility index (Phi) is 6.69. The van der Waals surface area contributed by atoms with E-state index in [0.717, 1.165) is 5.56 Å². The summed E-state index contributed by atoms with van der Waals surface area (Å²) in [5.41, 5.74) is 3.55. The first-order valence-electron chi connectivity index (χ1n) is 9.78. The van der Waals surface area contributed by atoms with Gasteiger partial charge in [0.15, 0.2) is 6.61 Å². The van der Waals surface area contributed by atoms with E-state index in [2.05, 4.69) is 22.2 Å². The average Bonchev–Trinajstić information content (AvgIpc) is 2.74. The Balaban J connectivity index is 1.61. The number of ether oxygens (including phenoxy) is 2. The van der Waals surface area contributed by atoms with Crippen molar-refractivity contribution in [2.75, 3.05) is 19.0 Å². The van der Waals surface area contributed by atoms with Crippen LogP contribution in [0.1, 0.15) is 59.5 Å². The molecular formula is C23H27NO4. The molecule has 148 valence electrons. The first-order valence-corrected chi connectivity index (χ1v) is 9.78. The average molecular weight is 381 g/mol. The molecule has 0 heterocycles. The fourth-order valence-corrected chi connectivity index (χ4v) is 3.60. The van der Waals surface area contributed by atoms with Gasteiger partial charge in [0.2, 0.25) is 0 Å². The van der Waals surface area contributed by atoms with E-state index in [4.69, 9.17) is 4.74 Å². The lowest BCUT2D eigenvalue weighted by atomic mass is 9.84. The van der Waals surface area contributed by atoms with Crippen molar-refractivity contribution in [3.63, 3.8) is 0 Å². The number of amides is 1. The summed E-state index contributed by atoms with van der Waals surface area (Å²) in [6, 6.07) is 13.3. The van der Waals surface area contributed by atoms with Crippen LogP contribution < -0.4 is 10.1 Å². The fraction of sp³-hybridized carbons (Fsp3) is 0.391. The third-order valence-corrected chi connectivity index (χ3v) is 5.28. The molecule has 2 aromatic carbocycles. The van der Waals surface area contributed by atoms with Crippen LogP contribution in [-0.2, 0) is 9.53 Å². The second kappa shape index (κ2) is 9.40. The molecule has 1 aliphatic rings. The zero-order valence-corrected chi connectivity index (χ0v) is 16.5. The summed E-state index contributed by atoms with van der Waals surface area (Å²) in [5, 5.41) is 2.94. The van der Waals surface area contributed by atoms with Gasteiger partial charge in [-0.3, -0.25) is 4.79 Å². The molecule has 0 radical (unpaired) electrons. The minimum atomic E-state index is -0.438. The van der Waals surface area contributed by atoms with Crippen LogP contribution in [0.4, 0.5) is 5.69 Å². The van der Waals surface area contributed by atoms with Crippen LogP contribution in [0.2, 0.25) is 0 Å². The molecule has 28 heavy (non-hydrogen) atoms. The van der Waals surface area contributed by atoms with Gasteiger partial charge >= 0.3 is 5.97 Å². The van der Waals surface area contributed by atoms with Crippen LogP contribution >= 0.6 is 0 Å². The molecule has 2 aromatic rings. The highest BCUT2D eigenvalue weighted by Crippen LogP contribution is 2.32. The van der Waals surface area contributed by atoms with Crippen molar-refractivity contribution < 1.29 is 19.1 Å². The van der Waals surface area contributed by atoms with Crippen LogP contribution in [0.5, 0.6) is 5.75 Å². The molecule has 0 atom stereocenters.